The molecule has 0 spiro atoms. The van der Waals surface area contributed by atoms with Crippen LogP contribution in [0.5, 0.6) is 0 Å². The Kier molecular flexibility index (Phi) is 3.00. The van der Waals surface area contributed by atoms with Crippen LogP contribution in [0.3, 0.4) is 0 Å². The van der Waals surface area contributed by atoms with Crippen molar-refractivity contribution < 1.29 is 0 Å². The van der Waals surface area contributed by atoms with Gasteiger partial charge in [0.05, 0.1) is 12.5 Å². The Morgan fingerprint density at radius 2 is 2.25 bits per heavy atom. The highest BCUT2D eigenvalue weighted by molar-refractivity contribution is 5.82. The number of hydrogen-bond acceptors (Lipinski definition) is 5. The minimum Gasteiger partial charge on any atom is -0.368 e. The molecule has 2 heterocycles. The molecule has 2 rings (SSSR count). The van der Waals surface area contributed by atoms with Crippen LogP contribution in [0.15, 0.2) is 12.7 Å². The lowest BCUT2D eigenvalue weighted by Crippen LogP contribution is -2.14. The fourth-order valence-corrected chi connectivity index (χ4v) is 1.52. The molecule has 1 unspecified atom stereocenters. The molecule has 0 aliphatic rings. The highest BCUT2D eigenvalue weighted by atomic mass is 15.2. The van der Waals surface area contributed by atoms with Crippen molar-refractivity contribution in [1.29, 1.82) is 0 Å². The van der Waals surface area contributed by atoms with Gasteiger partial charge in [0, 0.05) is 6.54 Å². The molecule has 6 heteroatoms. The van der Waals surface area contributed by atoms with Crippen LogP contribution in [-0.4, -0.2) is 26.1 Å². The van der Waals surface area contributed by atoms with Crippen molar-refractivity contribution in [1.82, 2.24) is 19.5 Å². The molecule has 0 fully saturated rings. The Balaban J connectivity index is 2.45. The molecule has 0 aliphatic heterocycles. The number of anilines is 1. The summed E-state index contributed by atoms with van der Waals surface area (Å²) >= 11 is 0. The molecule has 3 N–H and O–H groups in total. The maximum atomic E-state index is 5.82. The van der Waals surface area contributed by atoms with Crippen LogP contribution in [0.25, 0.3) is 11.2 Å². The Morgan fingerprint density at radius 3 is 2.94 bits per heavy atom. The van der Waals surface area contributed by atoms with Gasteiger partial charge in [-0.2, -0.15) is 0 Å². The Labute approximate surface area is 93.9 Å². The van der Waals surface area contributed by atoms with E-state index in [-0.39, 0.29) is 6.17 Å². The summed E-state index contributed by atoms with van der Waals surface area (Å²) in [4.78, 5) is 12.7. The molecule has 0 saturated carbocycles. The van der Waals surface area contributed by atoms with Crippen molar-refractivity contribution in [3.05, 3.63) is 12.7 Å². The lowest BCUT2D eigenvalue weighted by atomic mass is 10.4. The van der Waals surface area contributed by atoms with Gasteiger partial charge in [-0.1, -0.05) is 6.92 Å². The third-order valence-electron chi connectivity index (χ3n) is 2.34. The molecule has 0 radical (unpaired) electrons. The van der Waals surface area contributed by atoms with E-state index in [9.17, 15) is 0 Å². The van der Waals surface area contributed by atoms with Crippen molar-refractivity contribution in [3.8, 4) is 0 Å². The summed E-state index contributed by atoms with van der Waals surface area (Å²) in [6.07, 6.45) is 4.13. The molecule has 0 aliphatic carbocycles. The first-order chi connectivity index (χ1) is 7.74. The van der Waals surface area contributed by atoms with E-state index in [1.54, 1.807) is 6.33 Å². The fourth-order valence-electron chi connectivity index (χ4n) is 1.52. The summed E-state index contributed by atoms with van der Waals surface area (Å²) in [5.74, 6) is 0.770. The van der Waals surface area contributed by atoms with E-state index in [1.807, 2.05) is 11.5 Å². The number of nitrogens with one attached hydrogen (secondary N) is 1. The molecular weight excluding hydrogens is 204 g/mol. The number of imidazole rings is 1. The molecule has 86 valence electrons. The first-order valence-corrected chi connectivity index (χ1v) is 5.41. The van der Waals surface area contributed by atoms with Gasteiger partial charge in [0.2, 0.25) is 0 Å². The summed E-state index contributed by atoms with van der Waals surface area (Å²) < 4.78 is 1.83. The normalized spacial score (nSPS) is 12.9. The summed E-state index contributed by atoms with van der Waals surface area (Å²) in [5, 5.41) is 3.22. The Morgan fingerprint density at radius 1 is 1.44 bits per heavy atom. The van der Waals surface area contributed by atoms with Gasteiger partial charge in [0.25, 0.3) is 0 Å². The number of nitrogens with zero attached hydrogens (tertiary/aromatic N) is 4. The minimum absolute atomic E-state index is 0.140. The maximum Gasteiger partial charge on any atom is 0.166 e. The summed E-state index contributed by atoms with van der Waals surface area (Å²) in [5.41, 5.74) is 7.36. The molecule has 16 heavy (non-hydrogen) atoms. The number of fused-ring (bicyclic) bond motifs is 1. The average molecular weight is 220 g/mol. The van der Waals surface area contributed by atoms with Crippen molar-refractivity contribution >= 4 is 17.0 Å². The molecule has 1 atom stereocenters. The molecule has 2 aromatic heterocycles. The number of hydrogen-bond donors (Lipinski definition) is 2. The highest BCUT2D eigenvalue weighted by Gasteiger charge is 2.10. The zero-order chi connectivity index (χ0) is 11.5. The fraction of sp³-hybridized carbons (Fsp3) is 0.500. The predicted molar refractivity (Wildman–Crippen MR) is 63.0 cm³/mol. The van der Waals surface area contributed by atoms with Crippen LogP contribution in [0.2, 0.25) is 0 Å². The molecule has 6 nitrogen and oxygen atoms in total. The van der Waals surface area contributed by atoms with Gasteiger partial charge < -0.3 is 11.1 Å². The lowest BCUT2D eigenvalue weighted by Gasteiger charge is -2.07. The van der Waals surface area contributed by atoms with E-state index >= 15 is 0 Å². The van der Waals surface area contributed by atoms with Crippen LogP contribution in [0.1, 0.15) is 26.4 Å². The molecular formula is C10H16N6. The summed E-state index contributed by atoms with van der Waals surface area (Å²) in [7, 11) is 0. The lowest BCUT2D eigenvalue weighted by molar-refractivity contribution is 0.583. The van der Waals surface area contributed by atoms with Crippen molar-refractivity contribution in [2.45, 2.75) is 26.4 Å². The number of rotatable bonds is 4. The van der Waals surface area contributed by atoms with E-state index in [0.29, 0.717) is 0 Å². The van der Waals surface area contributed by atoms with E-state index in [2.05, 4.69) is 27.2 Å². The quantitative estimate of drug-likeness (QED) is 0.807. The van der Waals surface area contributed by atoms with Crippen molar-refractivity contribution in [2.75, 3.05) is 11.9 Å². The van der Waals surface area contributed by atoms with Crippen molar-refractivity contribution in [3.63, 3.8) is 0 Å². The number of nitrogens with two attached hydrogens (primary N) is 1. The van der Waals surface area contributed by atoms with Gasteiger partial charge in [0.1, 0.15) is 11.8 Å². The highest BCUT2D eigenvalue weighted by Crippen LogP contribution is 2.18. The zero-order valence-electron chi connectivity index (χ0n) is 9.51. The van der Waals surface area contributed by atoms with E-state index in [4.69, 9.17) is 5.73 Å². The second-order valence-electron chi connectivity index (χ2n) is 3.71. The van der Waals surface area contributed by atoms with Crippen LogP contribution in [0, 0.1) is 0 Å². The first-order valence-electron chi connectivity index (χ1n) is 5.41. The second-order valence-corrected chi connectivity index (χ2v) is 3.71. The van der Waals surface area contributed by atoms with Crippen LogP contribution in [-0.2, 0) is 0 Å². The second kappa shape index (κ2) is 4.44. The van der Waals surface area contributed by atoms with Crippen LogP contribution < -0.4 is 11.1 Å². The third kappa shape index (κ3) is 1.83. The van der Waals surface area contributed by atoms with E-state index < -0.39 is 0 Å². The van der Waals surface area contributed by atoms with Gasteiger partial charge in [-0.15, -0.1) is 0 Å². The van der Waals surface area contributed by atoms with Crippen molar-refractivity contribution in [2.24, 2.45) is 5.73 Å². The van der Waals surface area contributed by atoms with Crippen LogP contribution in [0.4, 0.5) is 5.82 Å². The zero-order valence-corrected chi connectivity index (χ0v) is 9.51. The summed E-state index contributed by atoms with van der Waals surface area (Å²) in [6, 6.07) is 0. The monoisotopic (exact) mass is 220 g/mol. The standard InChI is InChI=1S/C10H16N6/c1-3-4-12-9-8-10(14-5-13-9)16(6-15-8)7(2)11/h5-7H,3-4,11H2,1-2H3,(H,12,13,14). The Hall–Kier alpha value is -1.69. The maximum absolute atomic E-state index is 5.82. The largest absolute Gasteiger partial charge is 0.368 e. The average Bonchev–Trinajstić information content (AvgIpc) is 2.70. The third-order valence-corrected chi connectivity index (χ3v) is 2.34. The minimum atomic E-state index is -0.140. The molecule has 0 aromatic carbocycles. The number of aromatic nitrogens is 4. The van der Waals surface area contributed by atoms with E-state index in [1.165, 1.54) is 6.33 Å². The molecule has 0 saturated heterocycles. The van der Waals surface area contributed by atoms with Gasteiger partial charge >= 0.3 is 0 Å². The van der Waals surface area contributed by atoms with Gasteiger partial charge in [0.15, 0.2) is 11.5 Å². The first kappa shape index (κ1) is 10.8. The smallest absolute Gasteiger partial charge is 0.166 e. The van der Waals surface area contributed by atoms with E-state index in [0.717, 1.165) is 29.9 Å². The van der Waals surface area contributed by atoms with Gasteiger partial charge in [-0.25, -0.2) is 15.0 Å². The predicted octanol–water partition coefficient (Wildman–Crippen LogP) is 1.13. The van der Waals surface area contributed by atoms with Crippen LogP contribution >= 0.6 is 0 Å². The van der Waals surface area contributed by atoms with Gasteiger partial charge in [-0.3, -0.25) is 4.57 Å². The molecule has 2 aromatic rings. The Bertz CT molecular complexity index is 475. The SMILES string of the molecule is CCCNc1ncnc2c1ncn2C(C)N. The molecule has 0 bridgehead atoms. The van der Waals surface area contributed by atoms with Gasteiger partial charge in [-0.05, 0) is 13.3 Å². The molecule has 0 amide bonds. The summed E-state index contributed by atoms with van der Waals surface area (Å²) in [6.45, 7) is 4.87. The topological polar surface area (TPSA) is 81.7 Å².